The van der Waals surface area contributed by atoms with Gasteiger partial charge in [-0.3, -0.25) is 0 Å². The monoisotopic (exact) mass is 475 g/mol. The highest BCUT2D eigenvalue weighted by Gasteiger charge is 2.02. The van der Waals surface area contributed by atoms with Crippen molar-refractivity contribution in [2.45, 2.75) is 6.54 Å². The van der Waals surface area contributed by atoms with Crippen LogP contribution in [0.5, 0.6) is 17.2 Å². The molecule has 0 heterocycles. The largest absolute Gasteiger partial charge is 0.496 e. The molecule has 27 heavy (non-hydrogen) atoms. The van der Waals surface area contributed by atoms with E-state index in [9.17, 15) is 0 Å². The molecule has 3 aromatic carbocycles. The molecular formula is C21H22IN3O2. The second kappa shape index (κ2) is 10.4. The number of rotatable bonds is 6. The molecular weight excluding hydrogens is 453 g/mol. The molecule has 0 radical (unpaired) electrons. The van der Waals surface area contributed by atoms with Crippen LogP contribution in [0.3, 0.4) is 0 Å². The second-order valence-corrected chi connectivity index (χ2v) is 5.58. The van der Waals surface area contributed by atoms with Gasteiger partial charge in [0.25, 0.3) is 0 Å². The molecule has 3 N–H and O–H groups in total. The van der Waals surface area contributed by atoms with E-state index in [-0.39, 0.29) is 24.0 Å². The van der Waals surface area contributed by atoms with Crippen LogP contribution in [-0.2, 0) is 6.54 Å². The summed E-state index contributed by atoms with van der Waals surface area (Å²) in [6.07, 6.45) is 0. The number of nitrogens with one attached hydrogen (secondary N) is 1. The molecule has 0 atom stereocenters. The van der Waals surface area contributed by atoms with Crippen LogP contribution in [0.15, 0.2) is 83.9 Å². The Morgan fingerprint density at radius 1 is 0.926 bits per heavy atom. The van der Waals surface area contributed by atoms with Gasteiger partial charge in [-0.1, -0.05) is 42.5 Å². The Labute approximate surface area is 176 Å². The summed E-state index contributed by atoms with van der Waals surface area (Å²) in [4.78, 5) is 4.37. The van der Waals surface area contributed by atoms with Gasteiger partial charge >= 0.3 is 0 Å². The first-order valence-electron chi connectivity index (χ1n) is 8.26. The van der Waals surface area contributed by atoms with Gasteiger partial charge in [-0.15, -0.1) is 24.0 Å². The van der Waals surface area contributed by atoms with E-state index in [0.717, 1.165) is 28.5 Å². The molecule has 0 saturated heterocycles. The van der Waals surface area contributed by atoms with E-state index in [1.807, 2.05) is 78.9 Å². The van der Waals surface area contributed by atoms with Gasteiger partial charge in [0, 0.05) is 17.3 Å². The van der Waals surface area contributed by atoms with Crippen molar-refractivity contribution in [2.24, 2.45) is 10.7 Å². The van der Waals surface area contributed by atoms with E-state index >= 15 is 0 Å². The highest BCUT2D eigenvalue weighted by molar-refractivity contribution is 14.0. The average molecular weight is 475 g/mol. The first-order valence-corrected chi connectivity index (χ1v) is 8.26. The summed E-state index contributed by atoms with van der Waals surface area (Å²) < 4.78 is 11.1. The maximum Gasteiger partial charge on any atom is 0.193 e. The topological polar surface area (TPSA) is 68.9 Å². The number of methoxy groups -OCH3 is 1. The molecule has 140 valence electrons. The molecule has 5 nitrogen and oxygen atoms in total. The number of para-hydroxylation sites is 2. The minimum atomic E-state index is 0. The van der Waals surface area contributed by atoms with Crippen LogP contribution in [0, 0.1) is 0 Å². The fourth-order valence-electron chi connectivity index (χ4n) is 2.45. The van der Waals surface area contributed by atoms with Gasteiger partial charge < -0.3 is 20.5 Å². The Kier molecular flexibility index (Phi) is 7.94. The van der Waals surface area contributed by atoms with Crippen molar-refractivity contribution in [1.29, 1.82) is 0 Å². The maximum atomic E-state index is 6.00. The van der Waals surface area contributed by atoms with Crippen LogP contribution in [0.4, 0.5) is 5.69 Å². The summed E-state index contributed by atoms with van der Waals surface area (Å²) in [7, 11) is 1.64. The molecule has 0 aliphatic rings. The zero-order valence-electron chi connectivity index (χ0n) is 15.0. The van der Waals surface area contributed by atoms with Crippen molar-refractivity contribution in [3.63, 3.8) is 0 Å². The van der Waals surface area contributed by atoms with Crippen LogP contribution >= 0.6 is 24.0 Å². The molecule has 0 bridgehead atoms. The predicted molar refractivity (Wildman–Crippen MR) is 120 cm³/mol. The van der Waals surface area contributed by atoms with E-state index in [1.165, 1.54) is 0 Å². The molecule has 3 rings (SSSR count). The van der Waals surface area contributed by atoms with Gasteiger partial charge in [-0.05, 0) is 30.3 Å². The first-order chi connectivity index (χ1) is 12.7. The third-order valence-corrected chi connectivity index (χ3v) is 3.70. The standard InChI is InChI=1S/C21H21N3O2.HI/c1-25-20-13-6-5-8-16(20)15-23-21(22)24-17-9-7-12-19(14-17)26-18-10-3-2-4-11-18;/h2-14H,15H2,1H3,(H3,22,23,24);1H. The van der Waals surface area contributed by atoms with Crippen LogP contribution in [-0.4, -0.2) is 13.1 Å². The number of hydrogen-bond acceptors (Lipinski definition) is 3. The van der Waals surface area contributed by atoms with Crippen molar-refractivity contribution in [2.75, 3.05) is 12.4 Å². The van der Waals surface area contributed by atoms with Crippen molar-refractivity contribution in [1.82, 2.24) is 0 Å². The zero-order chi connectivity index (χ0) is 18.2. The highest BCUT2D eigenvalue weighted by atomic mass is 127. The smallest absolute Gasteiger partial charge is 0.193 e. The number of halogens is 1. The van der Waals surface area contributed by atoms with E-state index in [4.69, 9.17) is 15.2 Å². The summed E-state index contributed by atoms with van der Waals surface area (Å²) in [5.41, 5.74) is 7.78. The van der Waals surface area contributed by atoms with Gasteiger partial charge in [0.15, 0.2) is 5.96 Å². The predicted octanol–water partition coefficient (Wildman–Crippen LogP) is 5.03. The van der Waals surface area contributed by atoms with Gasteiger partial charge in [-0.2, -0.15) is 0 Å². The summed E-state index contributed by atoms with van der Waals surface area (Å²) >= 11 is 0. The third-order valence-electron chi connectivity index (χ3n) is 3.70. The number of nitrogens with two attached hydrogens (primary N) is 1. The first kappa shape index (κ1) is 20.6. The molecule has 6 heteroatoms. The van der Waals surface area contributed by atoms with Gasteiger partial charge in [0.2, 0.25) is 0 Å². The minimum absolute atomic E-state index is 0. The lowest BCUT2D eigenvalue weighted by Gasteiger charge is -2.10. The summed E-state index contributed by atoms with van der Waals surface area (Å²) in [5.74, 6) is 2.62. The van der Waals surface area contributed by atoms with Crippen LogP contribution in [0.1, 0.15) is 5.56 Å². The molecule has 0 unspecified atom stereocenters. The Hall–Kier alpha value is -2.74. The molecule has 0 saturated carbocycles. The quantitative estimate of drug-likeness (QED) is 0.298. The van der Waals surface area contributed by atoms with Crippen molar-refractivity contribution in [3.05, 3.63) is 84.4 Å². The van der Waals surface area contributed by atoms with Crippen LogP contribution in [0.2, 0.25) is 0 Å². The Morgan fingerprint density at radius 3 is 2.41 bits per heavy atom. The number of ether oxygens (including phenoxy) is 2. The van der Waals surface area contributed by atoms with Crippen LogP contribution in [0.25, 0.3) is 0 Å². The summed E-state index contributed by atoms with van der Waals surface area (Å²) in [5, 5.41) is 3.08. The number of guanidine groups is 1. The third kappa shape index (κ3) is 6.18. The Bertz CT molecular complexity index is 885. The molecule has 3 aromatic rings. The Balaban J connectivity index is 0.00000261. The van der Waals surface area contributed by atoms with Gasteiger partial charge in [0.1, 0.15) is 17.2 Å². The molecule has 0 spiro atoms. The number of aliphatic imine (C=N–C) groups is 1. The molecule has 0 aliphatic heterocycles. The summed E-state index contributed by atoms with van der Waals surface area (Å²) in [6.45, 7) is 0.434. The van der Waals surface area contributed by atoms with Crippen molar-refractivity contribution >= 4 is 35.6 Å². The lowest BCUT2D eigenvalue weighted by molar-refractivity contribution is 0.410. The van der Waals surface area contributed by atoms with E-state index < -0.39 is 0 Å². The SMILES string of the molecule is COc1ccccc1CN=C(N)Nc1cccc(Oc2ccccc2)c1.I. The van der Waals surface area contributed by atoms with Crippen LogP contribution < -0.4 is 20.5 Å². The lowest BCUT2D eigenvalue weighted by atomic mass is 10.2. The van der Waals surface area contributed by atoms with E-state index in [1.54, 1.807) is 7.11 Å². The number of nitrogens with zero attached hydrogens (tertiary/aromatic N) is 1. The summed E-state index contributed by atoms with van der Waals surface area (Å²) in [6, 6.07) is 24.9. The number of benzene rings is 3. The molecule has 0 amide bonds. The van der Waals surface area contributed by atoms with Gasteiger partial charge in [0.05, 0.1) is 13.7 Å². The van der Waals surface area contributed by atoms with Crippen molar-refractivity contribution < 1.29 is 9.47 Å². The second-order valence-electron chi connectivity index (χ2n) is 5.58. The maximum absolute atomic E-state index is 6.00. The van der Waals surface area contributed by atoms with Gasteiger partial charge in [-0.25, -0.2) is 4.99 Å². The number of anilines is 1. The molecule has 0 aromatic heterocycles. The normalized spacial score (nSPS) is 10.6. The fraction of sp³-hybridized carbons (Fsp3) is 0.0952. The fourth-order valence-corrected chi connectivity index (χ4v) is 2.45. The molecule has 0 aliphatic carbocycles. The Morgan fingerprint density at radius 2 is 1.63 bits per heavy atom. The zero-order valence-corrected chi connectivity index (χ0v) is 17.3. The average Bonchev–Trinajstić information content (AvgIpc) is 2.67. The minimum Gasteiger partial charge on any atom is -0.496 e. The highest BCUT2D eigenvalue weighted by Crippen LogP contribution is 2.24. The lowest BCUT2D eigenvalue weighted by Crippen LogP contribution is -2.22. The molecule has 0 fully saturated rings. The van der Waals surface area contributed by atoms with E-state index in [0.29, 0.717) is 12.5 Å². The van der Waals surface area contributed by atoms with Crippen molar-refractivity contribution in [3.8, 4) is 17.2 Å². The van der Waals surface area contributed by atoms with E-state index in [2.05, 4.69) is 10.3 Å². The number of hydrogen-bond donors (Lipinski definition) is 2.